The molecule has 1 N–H and O–H groups in total. The van der Waals surface area contributed by atoms with Crippen molar-refractivity contribution in [2.24, 2.45) is 0 Å². The minimum atomic E-state index is -4.21. The number of aliphatic hydroxyl groups excluding tert-OH is 1. The maximum Gasteiger partial charge on any atom is 0.441 e. The quantitative estimate of drug-likeness (QED) is 0.804. The Kier molecular flexibility index (Phi) is 5.81. The predicted octanol–water partition coefficient (Wildman–Crippen LogP) is 3.76. The summed E-state index contributed by atoms with van der Waals surface area (Å²) in [4.78, 5) is 0. The SMILES string of the molecule is CC[C@@H](O)c1ccc(OCCSC(F)(F)F)cc1. The Balaban J connectivity index is 2.35. The standard InChI is InChI=1S/C12H15F3O2S/c1-2-11(16)9-3-5-10(6-4-9)17-7-8-18-12(13,14)15/h3-6,11,16H,2,7-8H2,1H3/t11-/m1/s1. The molecule has 0 saturated carbocycles. The summed E-state index contributed by atoms with van der Waals surface area (Å²) in [6.07, 6.45) is 0.0995. The summed E-state index contributed by atoms with van der Waals surface area (Å²) in [5.41, 5.74) is -3.44. The van der Waals surface area contributed by atoms with Crippen LogP contribution in [0.25, 0.3) is 0 Å². The summed E-state index contributed by atoms with van der Waals surface area (Å²) >= 11 is -0.101. The summed E-state index contributed by atoms with van der Waals surface area (Å²) in [5, 5.41) is 9.55. The van der Waals surface area contributed by atoms with Crippen LogP contribution >= 0.6 is 11.8 Å². The topological polar surface area (TPSA) is 29.5 Å². The van der Waals surface area contributed by atoms with Crippen LogP contribution in [-0.2, 0) is 0 Å². The van der Waals surface area contributed by atoms with Gasteiger partial charge in [-0.15, -0.1) is 0 Å². The van der Waals surface area contributed by atoms with E-state index >= 15 is 0 Å². The fraction of sp³-hybridized carbons (Fsp3) is 0.500. The molecule has 18 heavy (non-hydrogen) atoms. The van der Waals surface area contributed by atoms with Gasteiger partial charge < -0.3 is 9.84 Å². The van der Waals surface area contributed by atoms with E-state index in [-0.39, 0.29) is 24.1 Å². The van der Waals surface area contributed by atoms with Crippen LogP contribution in [0.2, 0.25) is 0 Å². The van der Waals surface area contributed by atoms with Crippen molar-refractivity contribution in [2.45, 2.75) is 25.0 Å². The number of hydrogen-bond donors (Lipinski definition) is 1. The number of aliphatic hydroxyl groups is 1. The minimum absolute atomic E-state index is 0.000144. The first-order valence-electron chi connectivity index (χ1n) is 5.54. The summed E-state index contributed by atoms with van der Waals surface area (Å²) < 4.78 is 40.7. The Morgan fingerprint density at radius 3 is 2.39 bits per heavy atom. The average Bonchev–Trinajstić information content (AvgIpc) is 2.33. The van der Waals surface area contributed by atoms with Crippen LogP contribution in [0.1, 0.15) is 25.0 Å². The fourth-order valence-corrected chi connectivity index (χ4v) is 1.74. The molecule has 102 valence electrons. The van der Waals surface area contributed by atoms with Crippen LogP contribution in [-0.4, -0.2) is 23.0 Å². The van der Waals surface area contributed by atoms with Gasteiger partial charge in [-0.1, -0.05) is 19.1 Å². The molecule has 0 heterocycles. The van der Waals surface area contributed by atoms with Crippen molar-refractivity contribution in [2.75, 3.05) is 12.4 Å². The zero-order chi connectivity index (χ0) is 13.6. The number of hydrogen-bond acceptors (Lipinski definition) is 3. The Bertz CT molecular complexity index is 351. The fourth-order valence-electron chi connectivity index (χ4n) is 1.34. The van der Waals surface area contributed by atoms with Crippen LogP contribution in [0.3, 0.4) is 0 Å². The van der Waals surface area contributed by atoms with E-state index in [0.29, 0.717) is 12.2 Å². The van der Waals surface area contributed by atoms with E-state index in [1.165, 1.54) is 0 Å². The number of alkyl halides is 3. The van der Waals surface area contributed by atoms with Crippen molar-refractivity contribution in [3.63, 3.8) is 0 Å². The van der Waals surface area contributed by atoms with E-state index in [4.69, 9.17) is 4.74 Å². The van der Waals surface area contributed by atoms with Gasteiger partial charge in [0.15, 0.2) is 0 Å². The molecular formula is C12H15F3O2S. The number of thioether (sulfide) groups is 1. The smallest absolute Gasteiger partial charge is 0.441 e. The predicted molar refractivity (Wildman–Crippen MR) is 65.7 cm³/mol. The van der Waals surface area contributed by atoms with Crippen molar-refractivity contribution in [3.8, 4) is 5.75 Å². The van der Waals surface area contributed by atoms with Gasteiger partial charge in [0.25, 0.3) is 0 Å². The highest BCUT2D eigenvalue weighted by Crippen LogP contribution is 2.29. The summed E-state index contributed by atoms with van der Waals surface area (Å²) in [6, 6.07) is 6.71. The highest BCUT2D eigenvalue weighted by atomic mass is 32.2. The van der Waals surface area contributed by atoms with Gasteiger partial charge in [-0.3, -0.25) is 0 Å². The van der Waals surface area contributed by atoms with Crippen LogP contribution in [0.15, 0.2) is 24.3 Å². The third-order valence-electron chi connectivity index (χ3n) is 2.27. The van der Waals surface area contributed by atoms with Gasteiger partial charge in [-0.2, -0.15) is 13.2 Å². The van der Waals surface area contributed by atoms with Gasteiger partial charge in [0, 0.05) is 5.75 Å². The molecule has 0 aliphatic heterocycles. The second-order valence-electron chi connectivity index (χ2n) is 3.64. The maximum atomic E-state index is 11.8. The van der Waals surface area contributed by atoms with Gasteiger partial charge in [-0.05, 0) is 35.9 Å². The molecule has 0 saturated heterocycles. The zero-order valence-corrected chi connectivity index (χ0v) is 10.7. The Hall–Kier alpha value is -0.880. The van der Waals surface area contributed by atoms with Crippen molar-refractivity contribution >= 4 is 11.8 Å². The average molecular weight is 280 g/mol. The molecule has 1 rings (SSSR count). The lowest BCUT2D eigenvalue weighted by Gasteiger charge is -2.10. The van der Waals surface area contributed by atoms with E-state index in [0.717, 1.165) is 5.56 Å². The molecule has 1 aromatic carbocycles. The van der Waals surface area contributed by atoms with Crippen molar-refractivity contribution in [3.05, 3.63) is 29.8 Å². The van der Waals surface area contributed by atoms with Gasteiger partial charge >= 0.3 is 5.51 Å². The number of benzene rings is 1. The first-order valence-corrected chi connectivity index (χ1v) is 6.52. The molecule has 0 fully saturated rings. The molecule has 2 nitrogen and oxygen atoms in total. The lowest BCUT2D eigenvalue weighted by Crippen LogP contribution is -2.07. The third kappa shape index (κ3) is 5.64. The highest BCUT2D eigenvalue weighted by Gasteiger charge is 2.27. The van der Waals surface area contributed by atoms with Crippen molar-refractivity contribution in [1.82, 2.24) is 0 Å². The van der Waals surface area contributed by atoms with Crippen LogP contribution in [0.4, 0.5) is 13.2 Å². The third-order valence-corrected chi connectivity index (χ3v) is 2.97. The largest absolute Gasteiger partial charge is 0.493 e. The Morgan fingerprint density at radius 1 is 1.28 bits per heavy atom. The van der Waals surface area contributed by atoms with Gasteiger partial charge in [0.05, 0.1) is 12.7 Å². The molecule has 0 aliphatic rings. The lowest BCUT2D eigenvalue weighted by molar-refractivity contribution is -0.0329. The van der Waals surface area contributed by atoms with Crippen LogP contribution < -0.4 is 4.74 Å². The molecule has 0 radical (unpaired) electrons. The minimum Gasteiger partial charge on any atom is -0.493 e. The second-order valence-corrected chi connectivity index (χ2v) is 4.80. The molecule has 0 amide bonds. The van der Waals surface area contributed by atoms with Gasteiger partial charge in [0.1, 0.15) is 5.75 Å². The van der Waals surface area contributed by atoms with E-state index in [2.05, 4.69) is 0 Å². The van der Waals surface area contributed by atoms with Gasteiger partial charge in [0.2, 0.25) is 0 Å². The van der Waals surface area contributed by atoms with E-state index in [9.17, 15) is 18.3 Å². The molecule has 0 bridgehead atoms. The summed E-state index contributed by atoms with van der Waals surface area (Å²) in [5.74, 6) is 0.368. The number of ether oxygens (including phenoxy) is 1. The van der Waals surface area contributed by atoms with Crippen LogP contribution in [0.5, 0.6) is 5.75 Å². The summed E-state index contributed by atoms with van der Waals surface area (Å²) in [7, 11) is 0. The molecule has 0 aliphatic carbocycles. The molecular weight excluding hydrogens is 265 g/mol. The molecule has 0 spiro atoms. The number of halogens is 3. The van der Waals surface area contributed by atoms with Crippen LogP contribution in [0, 0.1) is 0 Å². The van der Waals surface area contributed by atoms with Crippen molar-refractivity contribution < 1.29 is 23.0 Å². The Labute approximate surface area is 108 Å². The monoisotopic (exact) mass is 280 g/mol. The first-order chi connectivity index (χ1) is 8.42. The van der Waals surface area contributed by atoms with E-state index in [1.807, 2.05) is 6.92 Å². The lowest BCUT2D eigenvalue weighted by atomic mass is 10.1. The summed E-state index contributed by atoms with van der Waals surface area (Å²) in [6.45, 7) is 1.86. The molecule has 0 aromatic heterocycles. The van der Waals surface area contributed by atoms with Crippen molar-refractivity contribution in [1.29, 1.82) is 0 Å². The highest BCUT2D eigenvalue weighted by molar-refractivity contribution is 8.00. The molecule has 1 atom stereocenters. The van der Waals surface area contributed by atoms with Gasteiger partial charge in [-0.25, -0.2) is 0 Å². The molecule has 6 heteroatoms. The van der Waals surface area contributed by atoms with E-state index in [1.54, 1.807) is 24.3 Å². The maximum absolute atomic E-state index is 11.8. The first kappa shape index (κ1) is 15.2. The second kappa shape index (κ2) is 6.89. The Morgan fingerprint density at radius 2 is 1.89 bits per heavy atom. The van der Waals surface area contributed by atoms with E-state index < -0.39 is 11.6 Å². The molecule has 1 aromatic rings. The zero-order valence-electron chi connectivity index (χ0n) is 9.91. The normalized spacial score (nSPS) is 13.4. The number of rotatable bonds is 6. The molecule has 0 unspecified atom stereocenters.